The van der Waals surface area contributed by atoms with Gasteiger partial charge < -0.3 is 35.7 Å². The van der Waals surface area contributed by atoms with Crippen molar-refractivity contribution in [2.45, 2.75) is 57.7 Å². The minimum absolute atomic E-state index is 0.0520. The van der Waals surface area contributed by atoms with Crippen molar-refractivity contribution < 1.29 is 33.4 Å². The van der Waals surface area contributed by atoms with Crippen molar-refractivity contribution in [1.29, 1.82) is 0 Å². The number of benzene rings is 2. The topological polar surface area (TPSA) is 168 Å². The highest BCUT2D eigenvalue weighted by atomic mass is 16.5. The van der Waals surface area contributed by atoms with Gasteiger partial charge in [-0.1, -0.05) is 30.3 Å². The third-order valence-corrected chi connectivity index (χ3v) is 7.31. The third-order valence-electron chi connectivity index (χ3n) is 7.31. The highest BCUT2D eigenvalue weighted by Gasteiger charge is 2.36. The average molecular weight is 606 g/mol. The quantitative estimate of drug-likeness (QED) is 0.197. The van der Waals surface area contributed by atoms with Gasteiger partial charge in [-0.3, -0.25) is 24.0 Å². The number of hydrogen-bond acceptors (Lipinski definition) is 7. The highest BCUT2D eigenvalue weighted by molar-refractivity contribution is 6.38. The van der Waals surface area contributed by atoms with E-state index in [1.165, 1.54) is 14.2 Å². The number of hydrogen-bond donors (Lipinski definition) is 5. The maximum Gasteiger partial charge on any atom is 0.290 e. The lowest BCUT2D eigenvalue weighted by Crippen LogP contribution is -2.56. The molecule has 1 aliphatic heterocycles. The molecule has 0 aliphatic carbocycles. The van der Waals surface area contributed by atoms with Gasteiger partial charge in [0.15, 0.2) is 0 Å². The van der Waals surface area contributed by atoms with Crippen molar-refractivity contribution in [2.75, 3.05) is 20.8 Å². The average Bonchev–Trinajstić information content (AvgIpc) is 3.60. The Hall–Kier alpha value is -4.87. The van der Waals surface area contributed by atoms with Gasteiger partial charge in [0.2, 0.25) is 17.6 Å². The molecule has 0 spiro atoms. The molecule has 1 aliphatic rings. The first-order valence-electron chi connectivity index (χ1n) is 14.4. The molecule has 12 heteroatoms. The molecule has 3 aromatic rings. The number of aromatic amines is 1. The first-order valence-corrected chi connectivity index (χ1v) is 14.4. The van der Waals surface area contributed by atoms with Crippen molar-refractivity contribution >= 4 is 40.3 Å². The van der Waals surface area contributed by atoms with Gasteiger partial charge in [-0.25, -0.2) is 0 Å². The van der Waals surface area contributed by atoms with Crippen molar-refractivity contribution in [3.63, 3.8) is 0 Å². The number of ketones is 1. The standard InChI is InChI=1S/C32H39N5O7/c1-32(2,3)37-31(42)27(38)23(14-19-11-12-33-28(19)39)35-29(40)24(13-18-9-7-6-8-10-18)36-30(41)25-17-21-22(34-25)15-20(43-4)16-26(21)44-5/h6-10,15-17,19,23-24,34H,11-14H2,1-5H3,(H,33,39)(H,35,40)(H,36,41)(H,37,42)/t19-,23?,24-/m0/s1. The predicted molar refractivity (Wildman–Crippen MR) is 163 cm³/mol. The fraction of sp³-hybridized carbons (Fsp3) is 0.406. The second kappa shape index (κ2) is 13.6. The maximum absolute atomic E-state index is 13.8. The SMILES string of the molecule is COc1cc(OC)c2cc(C(=O)N[C@@H](Cc3ccccc3)C(=O)NC(C[C@@H]3CCNC3=O)C(=O)C(=O)NC(C)(C)C)[nH]c2c1. The molecule has 1 unspecified atom stereocenters. The molecule has 1 fully saturated rings. The number of ether oxygens (including phenoxy) is 2. The van der Waals surface area contributed by atoms with E-state index >= 15 is 0 Å². The van der Waals surface area contributed by atoms with E-state index in [1.807, 2.05) is 30.3 Å². The first-order chi connectivity index (χ1) is 20.9. The number of Topliss-reactive ketones (excluding diaryl/α,β-unsaturated/α-hetero) is 1. The Morgan fingerprint density at radius 2 is 1.70 bits per heavy atom. The molecule has 5 N–H and O–H groups in total. The molecule has 1 aromatic heterocycles. The van der Waals surface area contributed by atoms with Crippen molar-refractivity contribution in [3.05, 3.63) is 59.8 Å². The summed E-state index contributed by atoms with van der Waals surface area (Å²) in [5.41, 5.74) is 0.847. The van der Waals surface area contributed by atoms with Crippen LogP contribution in [0.3, 0.4) is 0 Å². The van der Waals surface area contributed by atoms with Gasteiger partial charge in [-0.2, -0.15) is 0 Å². The molecule has 44 heavy (non-hydrogen) atoms. The van der Waals surface area contributed by atoms with Crippen LogP contribution < -0.4 is 30.7 Å². The number of fused-ring (bicyclic) bond motifs is 1. The zero-order chi connectivity index (χ0) is 32.0. The van der Waals surface area contributed by atoms with Gasteiger partial charge in [0, 0.05) is 41.9 Å². The van der Waals surface area contributed by atoms with Gasteiger partial charge in [0.1, 0.15) is 23.2 Å². The Balaban J connectivity index is 1.61. The lowest BCUT2D eigenvalue weighted by atomic mass is 9.94. The van der Waals surface area contributed by atoms with E-state index in [0.29, 0.717) is 35.4 Å². The Bertz CT molecular complexity index is 1540. The van der Waals surface area contributed by atoms with Crippen LogP contribution in [0.15, 0.2) is 48.5 Å². The summed E-state index contributed by atoms with van der Waals surface area (Å²) in [6.07, 6.45) is 0.524. The predicted octanol–water partition coefficient (Wildman–Crippen LogP) is 2.02. The van der Waals surface area contributed by atoms with Crippen LogP contribution in [0.4, 0.5) is 0 Å². The number of carbonyl (C=O) groups is 5. The third kappa shape index (κ3) is 7.94. The molecule has 2 aromatic carbocycles. The zero-order valence-electron chi connectivity index (χ0n) is 25.5. The van der Waals surface area contributed by atoms with E-state index < -0.39 is 47.0 Å². The summed E-state index contributed by atoms with van der Waals surface area (Å²) in [6.45, 7) is 5.65. The van der Waals surface area contributed by atoms with Gasteiger partial charge in [-0.15, -0.1) is 0 Å². The van der Waals surface area contributed by atoms with Crippen LogP contribution in [0.25, 0.3) is 10.9 Å². The number of H-pyrrole nitrogens is 1. The second-order valence-corrected chi connectivity index (χ2v) is 11.8. The summed E-state index contributed by atoms with van der Waals surface area (Å²) >= 11 is 0. The van der Waals surface area contributed by atoms with Gasteiger partial charge in [0.25, 0.3) is 11.8 Å². The van der Waals surface area contributed by atoms with Crippen molar-refractivity contribution in [1.82, 2.24) is 26.3 Å². The molecule has 12 nitrogen and oxygen atoms in total. The number of carbonyl (C=O) groups excluding carboxylic acids is 5. The second-order valence-electron chi connectivity index (χ2n) is 11.8. The highest BCUT2D eigenvalue weighted by Crippen LogP contribution is 2.31. The van der Waals surface area contributed by atoms with E-state index in [4.69, 9.17) is 9.47 Å². The molecule has 4 amide bonds. The fourth-order valence-corrected chi connectivity index (χ4v) is 5.10. The Morgan fingerprint density at radius 3 is 2.32 bits per heavy atom. The molecule has 4 rings (SSSR count). The van der Waals surface area contributed by atoms with E-state index in [2.05, 4.69) is 26.3 Å². The molecule has 234 valence electrons. The van der Waals surface area contributed by atoms with E-state index in [1.54, 1.807) is 39.0 Å². The van der Waals surface area contributed by atoms with Crippen LogP contribution in [0.2, 0.25) is 0 Å². The molecule has 1 saturated heterocycles. The lowest BCUT2D eigenvalue weighted by molar-refractivity contribution is -0.141. The van der Waals surface area contributed by atoms with Crippen molar-refractivity contribution in [2.24, 2.45) is 5.92 Å². The number of aromatic nitrogens is 1. The monoisotopic (exact) mass is 605 g/mol. The molecule has 3 atom stereocenters. The number of nitrogens with one attached hydrogen (secondary N) is 5. The Kier molecular flexibility index (Phi) is 9.92. The van der Waals surface area contributed by atoms with Crippen LogP contribution >= 0.6 is 0 Å². The minimum Gasteiger partial charge on any atom is -0.497 e. The number of amides is 4. The summed E-state index contributed by atoms with van der Waals surface area (Å²) in [4.78, 5) is 68.8. The molecule has 0 radical (unpaired) electrons. The number of methoxy groups -OCH3 is 2. The Morgan fingerprint density at radius 1 is 0.977 bits per heavy atom. The largest absolute Gasteiger partial charge is 0.497 e. The van der Waals surface area contributed by atoms with E-state index in [9.17, 15) is 24.0 Å². The maximum atomic E-state index is 13.8. The molecular formula is C32H39N5O7. The summed E-state index contributed by atoms with van der Waals surface area (Å²) < 4.78 is 10.8. The fourth-order valence-electron chi connectivity index (χ4n) is 5.10. The molecule has 0 saturated carbocycles. The van der Waals surface area contributed by atoms with Gasteiger partial charge in [-0.05, 0) is 45.2 Å². The van der Waals surface area contributed by atoms with Crippen LogP contribution in [0.5, 0.6) is 11.5 Å². The van der Waals surface area contributed by atoms with Gasteiger partial charge in [0.05, 0.1) is 25.8 Å². The number of rotatable bonds is 12. The summed E-state index contributed by atoms with van der Waals surface area (Å²) in [7, 11) is 3.03. The van der Waals surface area contributed by atoms with E-state index in [-0.39, 0.29) is 24.4 Å². The summed E-state index contributed by atoms with van der Waals surface area (Å²) in [5.74, 6) is -2.73. The first kappa shape index (κ1) is 32.1. The summed E-state index contributed by atoms with van der Waals surface area (Å²) in [6, 6.07) is 11.7. The van der Waals surface area contributed by atoms with E-state index in [0.717, 1.165) is 5.56 Å². The van der Waals surface area contributed by atoms with Crippen molar-refractivity contribution in [3.8, 4) is 11.5 Å². The van der Waals surface area contributed by atoms with Crippen LogP contribution in [-0.2, 0) is 25.6 Å². The normalized spacial score (nSPS) is 16.0. The zero-order valence-corrected chi connectivity index (χ0v) is 25.5. The van der Waals surface area contributed by atoms with Crippen LogP contribution in [-0.4, -0.2) is 72.8 Å². The van der Waals surface area contributed by atoms with Crippen LogP contribution in [0.1, 0.15) is 49.7 Å². The van der Waals surface area contributed by atoms with Crippen LogP contribution in [0, 0.1) is 5.92 Å². The molecular weight excluding hydrogens is 566 g/mol. The smallest absolute Gasteiger partial charge is 0.290 e. The minimum atomic E-state index is -1.28. The Labute approximate surface area is 255 Å². The molecule has 2 heterocycles. The summed E-state index contributed by atoms with van der Waals surface area (Å²) in [5, 5.41) is 11.4. The van der Waals surface area contributed by atoms with Gasteiger partial charge >= 0.3 is 0 Å². The lowest BCUT2D eigenvalue weighted by Gasteiger charge is -2.26. The molecule has 0 bridgehead atoms.